The van der Waals surface area contributed by atoms with Crippen molar-refractivity contribution in [1.82, 2.24) is 5.43 Å². The number of hydrazine groups is 1. The average Bonchev–Trinajstić information content (AvgIpc) is 2.16. The summed E-state index contributed by atoms with van der Waals surface area (Å²) >= 11 is 0. The fourth-order valence-corrected chi connectivity index (χ4v) is 2.41. The summed E-state index contributed by atoms with van der Waals surface area (Å²) in [6.07, 6.45) is 4.43. The van der Waals surface area contributed by atoms with Crippen molar-refractivity contribution in [3.05, 3.63) is 0 Å². The second kappa shape index (κ2) is 5.32. The number of carbonyl (C=O) groups excluding carboxylic acids is 1. The Hall–Kier alpha value is -0.610. The SMILES string of the molecule is C[C@@H]1CCC[C@@H](C)[NH+]1CCC(=O)NN. The topological polar surface area (TPSA) is 59.6 Å². The molecule has 0 radical (unpaired) electrons. The zero-order chi connectivity index (χ0) is 10.6. The molecular weight excluding hydrogens is 178 g/mol. The predicted octanol–water partition coefficient (Wildman–Crippen LogP) is -0.788. The summed E-state index contributed by atoms with van der Waals surface area (Å²) in [6, 6.07) is 1.37. The van der Waals surface area contributed by atoms with Gasteiger partial charge in [0.2, 0.25) is 5.91 Å². The Labute approximate surface area is 85.8 Å². The third-order valence-corrected chi connectivity index (χ3v) is 3.34. The molecule has 1 rings (SSSR count). The summed E-state index contributed by atoms with van der Waals surface area (Å²) in [4.78, 5) is 12.6. The second-order valence-corrected chi connectivity index (χ2v) is 4.38. The van der Waals surface area contributed by atoms with Crippen molar-refractivity contribution in [2.45, 2.75) is 51.6 Å². The summed E-state index contributed by atoms with van der Waals surface area (Å²) in [5, 5.41) is 0. The van der Waals surface area contributed by atoms with E-state index in [4.69, 9.17) is 5.84 Å². The van der Waals surface area contributed by atoms with Gasteiger partial charge in [0.05, 0.1) is 25.0 Å². The van der Waals surface area contributed by atoms with Crippen LogP contribution in [0.5, 0.6) is 0 Å². The summed E-state index contributed by atoms with van der Waals surface area (Å²) in [5.74, 6) is 4.99. The Kier molecular flexibility index (Phi) is 4.35. The third kappa shape index (κ3) is 2.96. The Morgan fingerprint density at radius 2 is 2.00 bits per heavy atom. The van der Waals surface area contributed by atoms with E-state index in [1.165, 1.54) is 19.3 Å². The van der Waals surface area contributed by atoms with E-state index in [9.17, 15) is 4.79 Å². The van der Waals surface area contributed by atoms with E-state index in [0.29, 0.717) is 18.5 Å². The molecule has 1 amide bonds. The van der Waals surface area contributed by atoms with Gasteiger partial charge < -0.3 is 4.90 Å². The lowest BCUT2D eigenvalue weighted by Gasteiger charge is -2.35. The van der Waals surface area contributed by atoms with Crippen molar-refractivity contribution in [3.63, 3.8) is 0 Å². The maximum Gasteiger partial charge on any atom is 0.239 e. The van der Waals surface area contributed by atoms with E-state index in [-0.39, 0.29) is 5.91 Å². The molecule has 1 aliphatic heterocycles. The quantitative estimate of drug-likeness (QED) is 0.318. The molecule has 0 unspecified atom stereocenters. The zero-order valence-electron chi connectivity index (χ0n) is 9.18. The number of nitrogens with one attached hydrogen (secondary N) is 2. The summed E-state index contributed by atoms with van der Waals surface area (Å²) in [5.41, 5.74) is 2.18. The van der Waals surface area contributed by atoms with Crippen molar-refractivity contribution in [1.29, 1.82) is 0 Å². The molecule has 0 spiro atoms. The van der Waals surface area contributed by atoms with E-state index in [1.54, 1.807) is 4.90 Å². The number of nitrogens with two attached hydrogens (primary N) is 1. The van der Waals surface area contributed by atoms with Crippen LogP contribution in [0, 0.1) is 0 Å². The molecule has 0 bridgehead atoms. The summed E-state index contributed by atoms with van der Waals surface area (Å²) in [7, 11) is 0. The van der Waals surface area contributed by atoms with Gasteiger partial charge in [-0.3, -0.25) is 10.2 Å². The number of hydrogen-bond donors (Lipinski definition) is 3. The molecule has 4 heteroatoms. The van der Waals surface area contributed by atoms with Gasteiger partial charge in [-0.25, -0.2) is 5.84 Å². The molecule has 1 heterocycles. The molecule has 0 saturated carbocycles. The van der Waals surface area contributed by atoms with Crippen LogP contribution in [-0.4, -0.2) is 24.5 Å². The Bertz CT molecular complexity index is 186. The van der Waals surface area contributed by atoms with Crippen LogP contribution in [0.15, 0.2) is 0 Å². The smallest absolute Gasteiger partial charge is 0.239 e. The summed E-state index contributed by atoms with van der Waals surface area (Å²) < 4.78 is 0. The van der Waals surface area contributed by atoms with Gasteiger partial charge in [-0.05, 0) is 33.1 Å². The van der Waals surface area contributed by atoms with Crippen molar-refractivity contribution >= 4 is 5.91 Å². The molecule has 4 N–H and O–H groups in total. The van der Waals surface area contributed by atoms with Crippen LogP contribution in [0.3, 0.4) is 0 Å². The molecule has 0 aliphatic carbocycles. The van der Waals surface area contributed by atoms with Gasteiger partial charge in [0.15, 0.2) is 0 Å². The van der Waals surface area contributed by atoms with Gasteiger partial charge >= 0.3 is 0 Å². The first kappa shape index (κ1) is 11.5. The lowest BCUT2D eigenvalue weighted by Crippen LogP contribution is -3.19. The van der Waals surface area contributed by atoms with Gasteiger partial charge in [0, 0.05) is 0 Å². The van der Waals surface area contributed by atoms with Crippen molar-refractivity contribution < 1.29 is 9.69 Å². The van der Waals surface area contributed by atoms with Crippen LogP contribution in [-0.2, 0) is 4.79 Å². The highest BCUT2D eigenvalue weighted by Crippen LogP contribution is 2.07. The van der Waals surface area contributed by atoms with Crippen LogP contribution in [0.2, 0.25) is 0 Å². The van der Waals surface area contributed by atoms with Crippen molar-refractivity contribution in [2.75, 3.05) is 6.54 Å². The minimum absolute atomic E-state index is 0.0533. The Balaban J connectivity index is 2.36. The first-order valence-electron chi connectivity index (χ1n) is 5.50. The number of amides is 1. The highest BCUT2D eigenvalue weighted by molar-refractivity contribution is 5.75. The standard InChI is InChI=1S/C10H21N3O/c1-8-4-3-5-9(2)13(8)7-6-10(14)12-11/h8-9H,3-7,11H2,1-2H3,(H,12,14)/p+1/t8-,9-/m1/s1. The molecule has 1 fully saturated rings. The normalized spacial score (nSPS) is 28.8. The lowest BCUT2D eigenvalue weighted by atomic mass is 9.97. The molecule has 14 heavy (non-hydrogen) atoms. The summed E-state index contributed by atoms with van der Waals surface area (Å²) in [6.45, 7) is 5.45. The van der Waals surface area contributed by atoms with E-state index >= 15 is 0 Å². The van der Waals surface area contributed by atoms with E-state index < -0.39 is 0 Å². The lowest BCUT2D eigenvalue weighted by molar-refractivity contribution is -0.950. The van der Waals surface area contributed by atoms with Gasteiger partial charge in [-0.1, -0.05) is 0 Å². The predicted molar refractivity (Wildman–Crippen MR) is 55.6 cm³/mol. The monoisotopic (exact) mass is 200 g/mol. The fourth-order valence-electron chi connectivity index (χ4n) is 2.41. The van der Waals surface area contributed by atoms with Crippen molar-refractivity contribution in [3.8, 4) is 0 Å². The van der Waals surface area contributed by atoms with Gasteiger partial charge in [-0.15, -0.1) is 0 Å². The molecular formula is C10H22N3O+. The number of likely N-dealkylation sites (tertiary alicyclic amines) is 1. The van der Waals surface area contributed by atoms with Crippen LogP contribution in [0.1, 0.15) is 39.5 Å². The second-order valence-electron chi connectivity index (χ2n) is 4.38. The number of rotatable bonds is 3. The molecule has 4 nitrogen and oxygen atoms in total. The Morgan fingerprint density at radius 3 is 2.50 bits per heavy atom. The molecule has 2 atom stereocenters. The maximum atomic E-state index is 11.0. The van der Waals surface area contributed by atoms with Gasteiger partial charge in [-0.2, -0.15) is 0 Å². The average molecular weight is 200 g/mol. The Morgan fingerprint density at radius 1 is 1.43 bits per heavy atom. The minimum Gasteiger partial charge on any atom is -0.330 e. The molecule has 1 aliphatic rings. The molecule has 1 saturated heterocycles. The van der Waals surface area contributed by atoms with Gasteiger partial charge in [0.1, 0.15) is 0 Å². The van der Waals surface area contributed by atoms with Crippen molar-refractivity contribution in [2.24, 2.45) is 5.84 Å². The molecule has 82 valence electrons. The van der Waals surface area contributed by atoms with E-state index in [1.807, 2.05) is 0 Å². The third-order valence-electron chi connectivity index (χ3n) is 3.34. The minimum atomic E-state index is -0.0533. The number of hydrogen-bond acceptors (Lipinski definition) is 2. The number of quaternary nitrogens is 1. The first-order valence-corrected chi connectivity index (χ1v) is 5.50. The number of piperidine rings is 1. The number of carbonyl (C=O) groups is 1. The highest BCUT2D eigenvalue weighted by atomic mass is 16.2. The van der Waals surface area contributed by atoms with Crippen LogP contribution >= 0.6 is 0 Å². The first-order chi connectivity index (χ1) is 6.65. The van der Waals surface area contributed by atoms with Gasteiger partial charge in [0.25, 0.3) is 0 Å². The maximum absolute atomic E-state index is 11.0. The molecule has 0 aromatic heterocycles. The van der Waals surface area contributed by atoms with E-state index in [2.05, 4.69) is 19.3 Å². The van der Waals surface area contributed by atoms with Crippen LogP contribution < -0.4 is 16.2 Å². The van der Waals surface area contributed by atoms with Crippen LogP contribution in [0.25, 0.3) is 0 Å². The molecule has 0 aromatic carbocycles. The molecule has 0 aromatic rings. The fraction of sp³-hybridized carbons (Fsp3) is 0.900. The highest BCUT2D eigenvalue weighted by Gasteiger charge is 2.28. The van der Waals surface area contributed by atoms with Crippen LogP contribution in [0.4, 0.5) is 0 Å². The largest absolute Gasteiger partial charge is 0.330 e. The zero-order valence-corrected chi connectivity index (χ0v) is 9.18. The van der Waals surface area contributed by atoms with E-state index in [0.717, 1.165) is 6.54 Å².